The minimum Gasteiger partial charge on any atom is -0.362 e. The summed E-state index contributed by atoms with van der Waals surface area (Å²) in [7, 11) is 0. The normalized spacial score (nSPS) is 16.0. The third-order valence-corrected chi connectivity index (χ3v) is 4.26. The summed E-state index contributed by atoms with van der Waals surface area (Å²) in [5, 5.41) is 3.03. The number of nitrogens with zero attached hydrogens (tertiary/aromatic N) is 1. The maximum Gasteiger partial charge on any atom is 0.223 e. The van der Waals surface area contributed by atoms with Gasteiger partial charge in [-0.15, -0.1) is 0 Å². The fourth-order valence-electron chi connectivity index (χ4n) is 2.96. The van der Waals surface area contributed by atoms with Gasteiger partial charge < -0.3 is 15.2 Å². The Hall–Kier alpha value is -1.78. The predicted octanol–water partition coefficient (Wildman–Crippen LogP) is 1.55. The summed E-state index contributed by atoms with van der Waals surface area (Å²) < 4.78 is 0. The second-order valence-corrected chi connectivity index (χ2v) is 5.92. The van der Waals surface area contributed by atoms with E-state index in [1.165, 1.54) is 11.3 Å². The Morgan fingerprint density at radius 2 is 2.00 bits per heavy atom. The van der Waals surface area contributed by atoms with E-state index in [2.05, 4.69) is 23.3 Å². The van der Waals surface area contributed by atoms with Crippen molar-refractivity contribution in [3.05, 3.63) is 23.0 Å². The van der Waals surface area contributed by atoms with Crippen molar-refractivity contribution >= 4 is 11.8 Å². The Labute approximate surface area is 126 Å². The molecule has 1 aliphatic rings. The zero-order valence-corrected chi connectivity index (χ0v) is 13.2. The van der Waals surface area contributed by atoms with Crippen LogP contribution >= 0.6 is 0 Å². The molecular formula is C16H25N3O2. The maximum absolute atomic E-state index is 12.1. The van der Waals surface area contributed by atoms with Gasteiger partial charge in [-0.05, 0) is 44.7 Å². The Bertz CT molecular complexity index is 514. The lowest BCUT2D eigenvalue weighted by Gasteiger charge is -2.30. The topological polar surface area (TPSA) is 65.2 Å². The summed E-state index contributed by atoms with van der Waals surface area (Å²) in [6.07, 6.45) is 2.40. The number of piperidine rings is 1. The number of hydrogen-bond donors (Lipinski definition) is 2. The maximum atomic E-state index is 12.1. The summed E-state index contributed by atoms with van der Waals surface area (Å²) in [5.41, 5.74) is 3.60. The summed E-state index contributed by atoms with van der Waals surface area (Å²) in [4.78, 5) is 28.5. The number of amides is 2. The Kier molecular flexibility index (Phi) is 5.04. The van der Waals surface area contributed by atoms with Crippen LogP contribution in [0.2, 0.25) is 0 Å². The molecule has 2 N–H and O–H groups in total. The van der Waals surface area contributed by atoms with E-state index >= 15 is 0 Å². The van der Waals surface area contributed by atoms with Gasteiger partial charge in [-0.3, -0.25) is 9.59 Å². The van der Waals surface area contributed by atoms with Gasteiger partial charge in [0.2, 0.25) is 11.8 Å². The number of nitrogens with one attached hydrogen (secondary N) is 2. The Balaban J connectivity index is 1.73. The highest BCUT2D eigenvalue weighted by atomic mass is 16.2. The summed E-state index contributed by atoms with van der Waals surface area (Å²) in [6, 6.07) is 2.13. The lowest BCUT2D eigenvalue weighted by atomic mass is 9.96. The number of aromatic amines is 1. The first kappa shape index (κ1) is 15.6. The molecule has 0 bridgehead atoms. The largest absolute Gasteiger partial charge is 0.362 e. The minimum atomic E-state index is 0.0506. The smallest absolute Gasteiger partial charge is 0.223 e. The first-order valence-corrected chi connectivity index (χ1v) is 7.65. The van der Waals surface area contributed by atoms with E-state index in [4.69, 9.17) is 0 Å². The van der Waals surface area contributed by atoms with Crippen LogP contribution in [0.4, 0.5) is 0 Å². The highest BCUT2D eigenvalue weighted by Gasteiger charge is 2.25. The van der Waals surface area contributed by atoms with E-state index in [9.17, 15) is 9.59 Å². The molecule has 5 heteroatoms. The fourth-order valence-corrected chi connectivity index (χ4v) is 2.96. The number of likely N-dealkylation sites (tertiary alicyclic amines) is 1. The van der Waals surface area contributed by atoms with Crippen LogP contribution in [0, 0.1) is 19.8 Å². The quantitative estimate of drug-likeness (QED) is 0.884. The average molecular weight is 291 g/mol. The van der Waals surface area contributed by atoms with E-state index in [0.29, 0.717) is 19.6 Å². The first-order valence-electron chi connectivity index (χ1n) is 7.65. The second-order valence-electron chi connectivity index (χ2n) is 5.92. The van der Waals surface area contributed by atoms with Crippen LogP contribution in [0.15, 0.2) is 6.07 Å². The van der Waals surface area contributed by atoms with Gasteiger partial charge in [-0.2, -0.15) is 0 Å². The molecule has 1 aromatic heterocycles. The fraction of sp³-hybridized carbons (Fsp3) is 0.625. The molecule has 0 atom stereocenters. The van der Waals surface area contributed by atoms with Crippen LogP contribution in [-0.4, -0.2) is 41.3 Å². The van der Waals surface area contributed by atoms with Gasteiger partial charge in [0.05, 0.1) is 0 Å². The molecule has 0 aliphatic carbocycles. The number of carbonyl (C=O) groups is 2. The molecule has 0 spiro atoms. The van der Waals surface area contributed by atoms with Crippen LogP contribution in [0.25, 0.3) is 0 Å². The molecule has 0 aromatic carbocycles. The third kappa shape index (κ3) is 4.09. The standard InChI is InChI=1S/C16H25N3O2/c1-11-10-15(12(2)18-11)4-7-17-16(21)14-5-8-19(9-6-14)13(3)20/h10,14,18H,4-9H2,1-3H3,(H,17,21). The molecule has 116 valence electrons. The third-order valence-electron chi connectivity index (χ3n) is 4.26. The molecule has 0 radical (unpaired) electrons. The molecule has 0 saturated carbocycles. The molecule has 1 aromatic rings. The SMILES string of the molecule is CC(=O)N1CCC(C(=O)NCCc2cc(C)[nH]c2C)CC1. The van der Waals surface area contributed by atoms with E-state index < -0.39 is 0 Å². The van der Waals surface area contributed by atoms with Gasteiger partial charge in [0.1, 0.15) is 0 Å². The van der Waals surface area contributed by atoms with Crippen LogP contribution in [-0.2, 0) is 16.0 Å². The van der Waals surface area contributed by atoms with Gasteiger partial charge in [0, 0.05) is 43.9 Å². The molecule has 1 fully saturated rings. The molecular weight excluding hydrogens is 266 g/mol. The van der Waals surface area contributed by atoms with Gasteiger partial charge in [0.15, 0.2) is 0 Å². The number of aryl methyl sites for hydroxylation is 2. The van der Waals surface area contributed by atoms with Gasteiger partial charge in [0.25, 0.3) is 0 Å². The van der Waals surface area contributed by atoms with Crippen LogP contribution in [0.1, 0.15) is 36.7 Å². The lowest BCUT2D eigenvalue weighted by Crippen LogP contribution is -2.42. The first-order chi connectivity index (χ1) is 9.97. The van der Waals surface area contributed by atoms with Crippen LogP contribution < -0.4 is 5.32 Å². The van der Waals surface area contributed by atoms with E-state index in [-0.39, 0.29) is 17.7 Å². The van der Waals surface area contributed by atoms with Crippen LogP contribution in [0.5, 0.6) is 0 Å². The molecule has 1 saturated heterocycles. The summed E-state index contributed by atoms with van der Waals surface area (Å²) in [5.74, 6) is 0.282. The molecule has 5 nitrogen and oxygen atoms in total. The lowest BCUT2D eigenvalue weighted by molar-refractivity contribution is -0.133. The number of hydrogen-bond acceptors (Lipinski definition) is 2. The van der Waals surface area contributed by atoms with Crippen molar-refractivity contribution < 1.29 is 9.59 Å². The van der Waals surface area contributed by atoms with Crippen LogP contribution in [0.3, 0.4) is 0 Å². The molecule has 21 heavy (non-hydrogen) atoms. The summed E-state index contributed by atoms with van der Waals surface area (Å²) in [6.45, 7) is 7.75. The van der Waals surface area contributed by atoms with Gasteiger partial charge in [-0.1, -0.05) is 0 Å². The van der Waals surface area contributed by atoms with Gasteiger partial charge in [-0.25, -0.2) is 0 Å². The zero-order valence-electron chi connectivity index (χ0n) is 13.2. The number of rotatable bonds is 4. The van der Waals surface area contributed by atoms with Crippen molar-refractivity contribution in [1.29, 1.82) is 0 Å². The molecule has 2 rings (SSSR count). The highest BCUT2D eigenvalue weighted by Crippen LogP contribution is 2.17. The average Bonchev–Trinajstić information content (AvgIpc) is 2.77. The summed E-state index contributed by atoms with van der Waals surface area (Å²) >= 11 is 0. The monoisotopic (exact) mass is 291 g/mol. The van der Waals surface area contributed by atoms with Crippen molar-refractivity contribution in [3.8, 4) is 0 Å². The van der Waals surface area contributed by atoms with E-state index in [1.807, 2.05) is 11.8 Å². The second kappa shape index (κ2) is 6.78. The molecule has 0 unspecified atom stereocenters. The van der Waals surface area contributed by atoms with Crippen molar-refractivity contribution in [3.63, 3.8) is 0 Å². The molecule has 1 aliphatic heterocycles. The Morgan fingerprint density at radius 3 is 2.52 bits per heavy atom. The van der Waals surface area contributed by atoms with E-state index in [0.717, 1.165) is 25.0 Å². The number of H-pyrrole nitrogens is 1. The number of carbonyl (C=O) groups excluding carboxylic acids is 2. The van der Waals surface area contributed by atoms with E-state index in [1.54, 1.807) is 6.92 Å². The molecule has 2 amide bonds. The van der Waals surface area contributed by atoms with Gasteiger partial charge >= 0.3 is 0 Å². The highest BCUT2D eigenvalue weighted by molar-refractivity contribution is 5.79. The zero-order chi connectivity index (χ0) is 15.4. The minimum absolute atomic E-state index is 0.0506. The predicted molar refractivity (Wildman–Crippen MR) is 82.0 cm³/mol. The van der Waals surface area contributed by atoms with Crippen molar-refractivity contribution in [2.45, 2.75) is 40.0 Å². The van der Waals surface area contributed by atoms with Crippen molar-refractivity contribution in [1.82, 2.24) is 15.2 Å². The van der Waals surface area contributed by atoms with Crippen molar-refractivity contribution in [2.75, 3.05) is 19.6 Å². The Morgan fingerprint density at radius 1 is 1.33 bits per heavy atom. The number of aromatic nitrogens is 1. The molecule has 2 heterocycles. The van der Waals surface area contributed by atoms with Crippen molar-refractivity contribution in [2.24, 2.45) is 5.92 Å².